The second-order valence-electron chi connectivity index (χ2n) is 7.70. The van der Waals surface area contributed by atoms with Crippen LogP contribution in [0.5, 0.6) is 5.75 Å². The quantitative estimate of drug-likeness (QED) is 0.236. The van der Waals surface area contributed by atoms with Gasteiger partial charge in [0.15, 0.2) is 0 Å². The predicted molar refractivity (Wildman–Crippen MR) is 135 cm³/mol. The molecular weight excluding hydrogens is 446 g/mol. The van der Waals surface area contributed by atoms with Crippen LogP contribution in [0.25, 0.3) is 0 Å². The van der Waals surface area contributed by atoms with Gasteiger partial charge in [-0.1, -0.05) is 72.8 Å². The Morgan fingerprint density at radius 3 is 2.21 bits per heavy atom. The average Bonchev–Trinajstić information content (AvgIpc) is 3.36. The van der Waals surface area contributed by atoms with Gasteiger partial charge in [0, 0.05) is 12.0 Å². The minimum Gasteiger partial charge on any atom is -0.489 e. The van der Waals surface area contributed by atoms with Crippen molar-refractivity contribution >= 4 is 28.8 Å². The van der Waals surface area contributed by atoms with Crippen LogP contribution >= 0.6 is 11.3 Å². The molecule has 0 saturated heterocycles. The summed E-state index contributed by atoms with van der Waals surface area (Å²) >= 11 is 1.34. The third kappa shape index (κ3) is 5.91. The molecular formula is C28H25NO4S. The highest BCUT2D eigenvalue weighted by molar-refractivity contribution is 7.13. The molecule has 3 aromatic carbocycles. The van der Waals surface area contributed by atoms with E-state index in [1.54, 1.807) is 12.1 Å². The van der Waals surface area contributed by atoms with Gasteiger partial charge in [-0.05, 0) is 34.7 Å². The molecule has 0 aliphatic heterocycles. The van der Waals surface area contributed by atoms with E-state index in [2.05, 4.69) is 5.32 Å². The first-order chi connectivity index (χ1) is 16.6. The summed E-state index contributed by atoms with van der Waals surface area (Å²) in [7, 11) is 1.36. The molecule has 172 valence electrons. The number of carbonyl (C=O) groups excluding carboxylic acids is 2. The smallest absolute Gasteiger partial charge is 0.328 e. The molecule has 0 bridgehead atoms. The van der Waals surface area contributed by atoms with Gasteiger partial charge in [-0.25, -0.2) is 4.79 Å². The Kier molecular flexibility index (Phi) is 7.73. The first kappa shape index (κ1) is 23.3. The van der Waals surface area contributed by atoms with Crippen molar-refractivity contribution < 1.29 is 19.1 Å². The highest BCUT2D eigenvalue weighted by atomic mass is 32.1. The van der Waals surface area contributed by atoms with Crippen molar-refractivity contribution in [1.29, 1.82) is 0 Å². The number of hydrogen-bond acceptors (Lipinski definition) is 6. The molecule has 0 spiro atoms. The molecule has 0 aliphatic rings. The second-order valence-corrected chi connectivity index (χ2v) is 8.62. The van der Waals surface area contributed by atoms with Crippen molar-refractivity contribution in [2.45, 2.75) is 19.1 Å². The molecule has 1 atom stereocenters. The first-order valence-corrected chi connectivity index (χ1v) is 11.8. The van der Waals surface area contributed by atoms with Gasteiger partial charge in [0.2, 0.25) is 5.78 Å². The fraction of sp³-hybridized carbons (Fsp3) is 0.143. The van der Waals surface area contributed by atoms with Crippen molar-refractivity contribution in [3.8, 4) is 5.75 Å². The number of ketones is 1. The maximum Gasteiger partial charge on any atom is 0.328 e. The highest BCUT2D eigenvalue weighted by Crippen LogP contribution is 2.27. The van der Waals surface area contributed by atoms with Crippen molar-refractivity contribution in [3.05, 3.63) is 118 Å². The minimum atomic E-state index is -0.641. The van der Waals surface area contributed by atoms with Crippen LogP contribution in [0.4, 0.5) is 5.69 Å². The number of benzene rings is 3. The summed E-state index contributed by atoms with van der Waals surface area (Å²) in [4.78, 5) is 26.0. The van der Waals surface area contributed by atoms with E-state index in [9.17, 15) is 9.59 Å². The first-order valence-electron chi connectivity index (χ1n) is 10.9. The molecule has 6 heteroatoms. The maximum absolute atomic E-state index is 12.9. The lowest BCUT2D eigenvalue weighted by atomic mass is 10.0. The van der Waals surface area contributed by atoms with Crippen molar-refractivity contribution in [1.82, 2.24) is 0 Å². The third-order valence-electron chi connectivity index (χ3n) is 5.33. The topological polar surface area (TPSA) is 64.6 Å². The van der Waals surface area contributed by atoms with Crippen LogP contribution in [-0.2, 0) is 22.6 Å². The zero-order chi connectivity index (χ0) is 23.8. The molecule has 1 unspecified atom stereocenters. The van der Waals surface area contributed by atoms with E-state index in [-0.39, 0.29) is 5.78 Å². The average molecular weight is 472 g/mol. The zero-order valence-electron chi connectivity index (χ0n) is 18.8. The van der Waals surface area contributed by atoms with Crippen molar-refractivity contribution in [2.24, 2.45) is 0 Å². The van der Waals surface area contributed by atoms with E-state index in [1.165, 1.54) is 18.4 Å². The molecule has 0 radical (unpaired) electrons. The monoisotopic (exact) mass is 471 g/mol. The van der Waals surface area contributed by atoms with E-state index in [4.69, 9.17) is 9.47 Å². The number of methoxy groups -OCH3 is 1. The normalized spacial score (nSPS) is 11.4. The van der Waals surface area contributed by atoms with Gasteiger partial charge in [0.05, 0.1) is 17.7 Å². The summed E-state index contributed by atoms with van der Waals surface area (Å²) in [6.07, 6.45) is 0.403. The molecule has 1 heterocycles. The number of esters is 1. The Morgan fingerprint density at radius 1 is 0.853 bits per heavy atom. The van der Waals surface area contributed by atoms with Crippen LogP contribution < -0.4 is 10.1 Å². The molecule has 0 amide bonds. The number of ether oxygens (including phenoxy) is 2. The zero-order valence-corrected chi connectivity index (χ0v) is 19.6. The molecule has 0 saturated carbocycles. The number of hydrogen-bond donors (Lipinski definition) is 1. The Balaban J connectivity index is 1.44. The van der Waals surface area contributed by atoms with E-state index >= 15 is 0 Å². The largest absolute Gasteiger partial charge is 0.489 e. The summed E-state index contributed by atoms with van der Waals surface area (Å²) in [6, 6.07) is 27.9. The second kappa shape index (κ2) is 11.3. The van der Waals surface area contributed by atoms with E-state index in [1.807, 2.05) is 84.2 Å². The van der Waals surface area contributed by atoms with Gasteiger partial charge >= 0.3 is 5.97 Å². The van der Waals surface area contributed by atoms with Crippen LogP contribution in [0.2, 0.25) is 0 Å². The number of thiophene rings is 1. The standard InChI is InChI=1S/C28H25NO4S/c1-32-28(31)25(29-24-16-17-34-27(24)26(30)22-10-6-3-7-11-22)18-20-12-14-23(15-13-20)33-19-21-8-4-2-5-9-21/h2-17,25,29H,18-19H2,1H3. The SMILES string of the molecule is COC(=O)C(Cc1ccc(OCc2ccccc2)cc1)Nc1ccsc1C(=O)c1ccccc1. The maximum atomic E-state index is 12.9. The molecule has 0 fully saturated rings. The van der Waals surface area contributed by atoms with Gasteiger partial charge in [0.1, 0.15) is 18.4 Å². The lowest BCUT2D eigenvalue weighted by Crippen LogP contribution is -2.33. The number of anilines is 1. The summed E-state index contributed by atoms with van der Waals surface area (Å²) in [6.45, 7) is 0.489. The Bertz CT molecular complexity index is 1220. The summed E-state index contributed by atoms with van der Waals surface area (Å²) < 4.78 is 10.9. The fourth-order valence-corrected chi connectivity index (χ4v) is 4.36. The minimum absolute atomic E-state index is 0.0818. The van der Waals surface area contributed by atoms with Crippen LogP contribution in [0.3, 0.4) is 0 Å². The molecule has 5 nitrogen and oxygen atoms in total. The Labute approximate surface area is 203 Å². The Morgan fingerprint density at radius 2 is 1.53 bits per heavy atom. The number of carbonyl (C=O) groups is 2. The predicted octanol–water partition coefficient (Wildman–Crippen LogP) is 5.75. The number of rotatable bonds is 10. The van der Waals surface area contributed by atoms with Crippen LogP contribution in [0.1, 0.15) is 26.4 Å². The highest BCUT2D eigenvalue weighted by Gasteiger charge is 2.23. The van der Waals surface area contributed by atoms with Crippen LogP contribution in [0.15, 0.2) is 96.4 Å². The summed E-state index contributed by atoms with van der Waals surface area (Å²) in [5.74, 6) is 0.277. The Hall–Kier alpha value is -3.90. The fourth-order valence-electron chi connectivity index (χ4n) is 3.54. The molecule has 0 aliphatic carbocycles. The van der Waals surface area contributed by atoms with Crippen molar-refractivity contribution in [3.63, 3.8) is 0 Å². The van der Waals surface area contributed by atoms with Crippen LogP contribution in [0, 0.1) is 0 Å². The third-order valence-corrected chi connectivity index (χ3v) is 6.25. The van der Waals surface area contributed by atoms with Gasteiger partial charge in [0.25, 0.3) is 0 Å². The van der Waals surface area contributed by atoms with Gasteiger partial charge in [-0.3, -0.25) is 4.79 Å². The van der Waals surface area contributed by atoms with Crippen molar-refractivity contribution in [2.75, 3.05) is 12.4 Å². The van der Waals surface area contributed by atoms with Gasteiger partial charge in [-0.15, -0.1) is 11.3 Å². The van der Waals surface area contributed by atoms with Crippen LogP contribution in [-0.4, -0.2) is 24.9 Å². The lowest BCUT2D eigenvalue weighted by Gasteiger charge is -2.18. The molecule has 4 rings (SSSR count). The van der Waals surface area contributed by atoms with Gasteiger partial charge in [-0.2, -0.15) is 0 Å². The number of nitrogens with one attached hydrogen (secondary N) is 1. The molecule has 1 aromatic heterocycles. The van der Waals surface area contributed by atoms with Gasteiger partial charge < -0.3 is 14.8 Å². The van der Waals surface area contributed by atoms with E-state index in [0.29, 0.717) is 29.2 Å². The van der Waals surface area contributed by atoms with E-state index in [0.717, 1.165) is 16.9 Å². The molecule has 1 N–H and O–H groups in total. The lowest BCUT2D eigenvalue weighted by molar-refractivity contribution is -0.141. The molecule has 4 aromatic rings. The molecule has 34 heavy (non-hydrogen) atoms. The van der Waals surface area contributed by atoms with E-state index < -0.39 is 12.0 Å². The summed E-state index contributed by atoms with van der Waals surface area (Å²) in [5.41, 5.74) is 3.27. The summed E-state index contributed by atoms with van der Waals surface area (Å²) in [5, 5.41) is 5.06.